The summed E-state index contributed by atoms with van der Waals surface area (Å²) >= 11 is 3.50. The molecule has 1 atom stereocenters. The van der Waals surface area contributed by atoms with Gasteiger partial charge in [-0.3, -0.25) is 0 Å². The summed E-state index contributed by atoms with van der Waals surface area (Å²) in [5, 5.41) is 13.1. The van der Waals surface area contributed by atoms with Gasteiger partial charge < -0.3 is 10.4 Å². The maximum Gasteiger partial charge on any atom is 0.0541 e. The van der Waals surface area contributed by atoms with E-state index in [2.05, 4.69) is 46.4 Å². The lowest BCUT2D eigenvalue weighted by molar-refractivity contribution is 0.114. The summed E-state index contributed by atoms with van der Waals surface area (Å²) in [5.74, 6) is 0. The molecule has 1 aromatic carbocycles. The number of halogens is 1. The van der Waals surface area contributed by atoms with Crippen LogP contribution in [0.15, 0.2) is 28.7 Å². The average Bonchev–Trinajstić information content (AvgIpc) is 2.32. The molecule has 0 heterocycles. The summed E-state index contributed by atoms with van der Waals surface area (Å²) < 4.78 is 1.13. The van der Waals surface area contributed by atoms with Crippen LogP contribution >= 0.6 is 15.9 Å². The smallest absolute Gasteiger partial charge is 0.0541 e. The number of aliphatic hydroxyl groups is 1. The number of hydrogen-bond donors (Lipinski definition) is 2. The van der Waals surface area contributed by atoms with E-state index in [1.54, 1.807) is 0 Å². The first-order chi connectivity index (χ1) is 8.15. The van der Waals surface area contributed by atoms with Gasteiger partial charge in [-0.2, -0.15) is 0 Å². The van der Waals surface area contributed by atoms with Crippen LogP contribution in [0.5, 0.6) is 0 Å². The fraction of sp³-hybridized carbons (Fsp3) is 0.571. The first-order valence-corrected chi connectivity index (χ1v) is 7.14. The predicted octanol–water partition coefficient (Wildman–Crippen LogP) is 3.40. The summed E-state index contributed by atoms with van der Waals surface area (Å²) in [7, 11) is 0. The third kappa shape index (κ3) is 3.80. The van der Waals surface area contributed by atoms with E-state index in [1.165, 1.54) is 5.56 Å². The zero-order valence-electron chi connectivity index (χ0n) is 10.2. The van der Waals surface area contributed by atoms with Gasteiger partial charge >= 0.3 is 0 Å². The van der Waals surface area contributed by atoms with Crippen LogP contribution in [-0.2, 0) is 0 Å². The van der Waals surface area contributed by atoms with Crippen molar-refractivity contribution in [3.05, 3.63) is 34.3 Å². The Bertz CT molecular complexity index is 361. The summed E-state index contributed by atoms with van der Waals surface area (Å²) in [6.45, 7) is 2.20. The molecule has 0 bridgehead atoms. The van der Waals surface area contributed by atoms with Gasteiger partial charge in [-0.1, -0.05) is 28.1 Å². The molecule has 0 aromatic heterocycles. The number of nitrogens with one attached hydrogen (secondary N) is 1. The molecule has 2 N–H and O–H groups in total. The van der Waals surface area contributed by atoms with Crippen molar-refractivity contribution >= 4 is 15.9 Å². The minimum absolute atomic E-state index is 0.0748. The van der Waals surface area contributed by atoms with Gasteiger partial charge in [-0.15, -0.1) is 0 Å². The van der Waals surface area contributed by atoms with Crippen LogP contribution < -0.4 is 5.32 Å². The molecule has 0 aliphatic heterocycles. The molecule has 0 unspecified atom stereocenters. The Morgan fingerprint density at radius 1 is 1.29 bits per heavy atom. The molecule has 1 fully saturated rings. The lowest BCUT2D eigenvalue weighted by Crippen LogP contribution is -2.36. The van der Waals surface area contributed by atoms with Crippen molar-refractivity contribution in [3.8, 4) is 0 Å². The highest BCUT2D eigenvalue weighted by atomic mass is 79.9. The number of hydrogen-bond acceptors (Lipinski definition) is 2. The maximum atomic E-state index is 9.48. The van der Waals surface area contributed by atoms with E-state index < -0.39 is 0 Å². The SMILES string of the molecule is C[C@@H](NC1CCC(O)CC1)c1cccc(Br)c1. The van der Waals surface area contributed by atoms with Crippen molar-refractivity contribution in [2.24, 2.45) is 0 Å². The van der Waals surface area contributed by atoms with Crippen molar-refractivity contribution in [1.82, 2.24) is 5.32 Å². The van der Waals surface area contributed by atoms with Crippen molar-refractivity contribution in [3.63, 3.8) is 0 Å². The fourth-order valence-electron chi connectivity index (χ4n) is 2.47. The highest BCUT2D eigenvalue weighted by Gasteiger charge is 2.20. The standard InChI is InChI=1S/C14H20BrNO/c1-10(11-3-2-4-12(15)9-11)16-13-5-7-14(17)8-6-13/h2-4,9-10,13-14,16-17H,5-8H2,1H3/t10-,13?,14?/m1/s1. The Morgan fingerprint density at radius 3 is 2.65 bits per heavy atom. The van der Waals surface area contributed by atoms with Gasteiger partial charge in [0.1, 0.15) is 0 Å². The minimum Gasteiger partial charge on any atom is -0.393 e. The quantitative estimate of drug-likeness (QED) is 0.896. The molecule has 3 heteroatoms. The van der Waals surface area contributed by atoms with Crippen molar-refractivity contribution in [2.75, 3.05) is 0 Å². The second-order valence-electron chi connectivity index (χ2n) is 4.95. The Hall–Kier alpha value is -0.380. The molecule has 2 rings (SSSR count). The molecule has 1 aliphatic carbocycles. The molecule has 1 aromatic rings. The molecule has 0 saturated heterocycles. The fourth-order valence-corrected chi connectivity index (χ4v) is 2.89. The lowest BCUT2D eigenvalue weighted by atomic mass is 9.92. The Balaban J connectivity index is 1.90. The summed E-state index contributed by atoms with van der Waals surface area (Å²) in [6, 6.07) is 9.35. The highest BCUT2D eigenvalue weighted by molar-refractivity contribution is 9.10. The van der Waals surface area contributed by atoms with E-state index in [9.17, 15) is 5.11 Å². The normalized spacial score (nSPS) is 26.8. The first kappa shape index (κ1) is 13.1. The van der Waals surface area contributed by atoms with E-state index in [0.717, 1.165) is 30.2 Å². The monoisotopic (exact) mass is 297 g/mol. The lowest BCUT2D eigenvalue weighted by Gasteiger charge is -2.29. The second-order valence-corrected chi connectivity index (χ2v) is 5.86. The van der Waals surface area contributed by atoms with E-state index >= 15 is 0 Å². The molecule has 0 radical (unpaired) electrons. The Labute approximate surface area is 112 Å². The second kappa shape index (κ2) is 5.98. The summed E-state index contributed by atoms with van der Waals surface area (Å²) in [4.78, 5) is 0. The van der Waals surface area contributed by atoms with Crippen LogP contribution in [0.4, 0.5) is 0 Å². The Morgan fingerprint density at radius 2 is 2.00 bits per heavy atom. The zero-order valence-corrected chi connectivity index (χ0v) is 11.8. The van der Waals surface area contributed by atoms with Crippen LogP contribution in [0.2, 0.25) is 0 Å². The molecule has 0 amide bonds. The molecular formula is C14H20BrNO. The first-order valence-electron chi connectivity index (χ1n) is 6.34. The third-order valence-corrected chi connectivity index (χ3v) is 4.02. The van der Waals surface area contributed by atoms with Crippen molar-refractivity contribution < 1.29 is 5.11 Å². The summed E-state index contributed by atoms with van der Waals surface area (Å²) in [6.07, 6.45) is 3.96. The Kier molecular flexibility index (Phi) is 4.60. The third-order valence-electron chi connectivity index (χ3n) is 3.53. The van der Waals surface area contributed by atoms with Crippen LogP contribution in [-0.4, -0.2) is 17.3 Å². The minimum atomic E-state index is -0.0748. The molecule has 1 aliphatic rings. The molecule has 2 nitrogen and oxygen atoms in total. The van der Waals surface area contributed by atoms with Gasteiger partial charge in [0, 0.05) is 16.6 Å². The molecule has 1 saturated carbocycles. The van der Waals surface area contributed by atoms with Crippen LogP contribution in [0, 0.1) is 0 Å². The van der Waals surface area contributed by atoms with Gasteiger partial charge in [0.15, 0.2) is 0 Å². The van der Waals surface area contributed by atoms with Gasteiger partial charge in [0.05, 0.1) is 6.10 Å². The van der Waals surface area contributed by atoms with Gasteiger partial charge in [0.2, 0.25) is 0 Å². The molecule has 0 spiro atoms. The van der Waals surface area contributed by atoms with Crippen LogP contribution in [0.1, 0.15) is 44.2 Å². The van der Waals surface area contributed by atoms with Crippen molar-refractivity contribution in [1.29, 1.82) is 0 Å². The summed E-state index contributed by atoms with van der Waals surface area (Å²) in [5.41, 5.74) is 1.31. The van der Waals surface area contributed by atoms with Crippen LogP contribution in [0.3, 0.4) is 0 Å². The predicted molar refractivity (Wildman–Crippen MR) is 74.0 cm³/mol. The largest absolute Gasteiger partial charge is 0.393 e. The van der Waals surface area contributed by atoms with E-state index in [4.69, 9.17) is 0 Å². The number of benzene rings is 1. The van der Waals surface area contributed by atoms with Gasteiger partial charge in [0.25, 0.3) is 0 Å². The molecule has 94 valence electrons. The van der Waals surface area contributed by atoms with E-state index in [0.29, 0.717) is 12.1 Å². The number of aliphatic hydroxyl groups excluding tert-OH is 1. The zero-order chi connectivity index (χ0) is 12.3. The van der Waals surface area contributed by atoms with E-state index in [-0.39, 0.29) is 6.10 Å². The van der Waals surface area contributed by atoms with Gasteiger partial charge in [-0.05, 0) is 50.3 Å². The molecule has 17 heavy (non-hydrogen) atoms. The van der Waals surface area contributed by atoms with E-state index in [1.807, 2.05) is 6.07 Å². The number of rotatable bonds is 3. The maximum absolute atomic E-state index is 9.48. The topological polar surface area (TPSA) is 32.3 Å². The van der Waals surface area contributed by atoms with Crippen molar-refractivity contribution in [2.45, 2.75) is 50.8 Å². The van der Waals surface area contributed by atoms with Crippen LogP contribution in [0.25, 0.3) is 0 Å². The molecular weight excluding hydrogens is 278 g/mol. The van der Waals surface area contributed by atoms with Gasteiger partial charge in [-0.25, -0.2) is 0 Å². The average molecular weight is 298 g/mol. The highest BCUT2D eigenvalue weighted by Crippen LogP contribution is 2.23.